The summed E-state index contributed by atoms with van der Waals surface area (Å²) in [5.74, 6) is 0. The predicted octanol–water partition coefficient (Wildman–Crippen LogP) is 2.29. The number of likely N-dealkylation sites (tertiary alicyclic amines) is 1. The number of halogens is 1. The van der Waals surface area contributed by atoms with Crippen LogP contribution in [0.3, 0.4) is 0 Å². The van der Waals surface area contributed by atoms with Crippen LogP contribution in [0.1, 0.15) is 27.2 Å². The summed E-state index contributed by atoms with van der Waals surface area (Å²) in [4.78, 5) is 2.56. The topological polar surface area (TPSA) is 3.24 Å². The molecule has 0 aromatic heterocycles. The van der Waals surface area contributed by atoms with Crippen LogP contribution in [0, 0.1) is 0 Å². The van der Waals surface area contributed by atoms with Crippen molar-refractivity contribution in [2.45, 2.75) is 36.7 Å². The highest BCUT2D eigenvalue weighted by Gasteiger charge is 2.28. The summed E-state index contributed by atoms with van der Waals surface area (Å²) < 4.78 is 0.886. The number of hydrogen-bond donors (Lipinski definition) is 0. The zero-order valence-electron chi connectivity index (χ0n) is 7.02. The van der Waals surface area contributed by atoms with Crippen LogP contribution in [0.2, 0.25) is 0 Å². The van der Waals surface area contributed by atoms with Gasteiger partial charge in [-0.2, -0.15) is 0 Å². The van der Waals surface area contributed by atoms with Gasteiger partial charge in [-0.15, -0.1) is 0 Å². The van der Waals surface area contributed by atoms with Crippen LogP contribution in [-0.4, -0.2) is 27.5 Å². The lowest BCUT2D eigenvalue weighted by Gasteiger charge is -2.31. The number of rotatable bonds is 0. The fraction of sp³-hybridized carbons (Fsp3) is 1.00. The molecule has 0 aromatic rings. The lowest BCUT2D eigenvalue weighted by molar-refractivity contribution is 0.176. The highest BCUT2D eigenvalue weighted by atomic mass is 127. The minimum Gasteiger partial charge on any atom is -0.297 e. The molecular formula is C8H16IN. The van der Waals surface area contributed by atoms with E-state index in [0.717, 1.165) is 3.92 Å². The molecule has 1 atom stereocenters. The molecule has 1 rings (SSSR count). The molecule has 1 heterocycles. The second-order valence-electron chi connectivity index (χ2n) is 4.00. The lowest BCUT2D eigenvalue weighted by Crippen LogP contribution is -2.39. The molecule has 0 saturated carbocycles. The molecule has 1 nitrogen and oxygen atoms in total. The van der Waals surface area contributed by atoms with Gasteiger partial charge in [0.05, 0.1) is 0 Å². The van der Waals surface area contributed by atoms with Crippen LogP contribution < -0.4 is 0 Å². The molecule has 60 valence electrons. The van der Waals surface area contributed by atoms with Gasteiger partial charge in [-0.25, -0.2) is 0 Å². The van der Waals surface area contributed by atoms with E-state index < -0.39 is 0 Å². The number of nitrogens with zero attached hydrogens (tertiary/aromatic N) is 1. The Labute approximate surface area is 77.3 Å². The van der Waals surface area contributed by atoms with Crippen LogP contribution in [0.15, 0.2) is 0 Å². The number of hydrogen-bond acceptors (Lipinski definition) is 1. The molecule has 1 aliphatic rings. The van der Waals surface area contributed by atoms with Gasteiger partial charge in [0.2, 0.25) is 0 Å². The van der Waals surface area contributed by atoms with Gasteiger partial charge < -0.3 is 0 Å². The zero-order chi connectivity index (χ0) is 7.78. The van der Waals surface area contributed by atoms with Crippen molar-refractivity contribution in [2.24, 2.45) is 0 Å². The van der Waals surface area contributed by atoms with E-state index in [2.05, 4.69) is 48.3 Å². The Morgan fingerprint density at radius 1 is 1.40 bits per heavy atom. The van der Waals surface area contributed by atoms with E-state index in [1.165, 1.54) is 19.5 Å². The summed E-state index contributed by atoms with van der Waals surface area (Å²) in [5, 5.41) is 0. The molecule has 1 aliphatic heterocycles. The van der Waals surface area contributed by atoms with Crippen molar-refractivity contribution in [2.75, 3.05) is 13.1 Å². The molecule has 10 heavy (non-hydrogen) atoms. The Balaban J connectivity index is 2.45. The molecule has 0 N–H and O–H groups in total. The first-order valence-corrected chi connectivity index (χ1v) is 5.14. The van der Waals surface area contributed by atoms with Gasteiger partial charge in [-0.05, 0) is 33.7 Å². The zero-order valence-corrected chi connectivity index (χ0v) is 9.18. The Kier molecular flexibility index (Phi) is 2.61. The predicted molar refractivity (Wildman–Crippen MR) is 53.8 cm³/mol. The Morgan fingerprint density at radius 3 is 2.20 bits per heavy atom. The van der Waals surface area contributed by atoms with Gasteiger partial charge >= 0.3 is 0 Å². The molecular weight excluding hydrogens is 237 g/mol. The maximum Gasteiger partial charge on any atom is 0.0249 e. The van der Waals surface area contributed by atoms with Crippen LogP contribution >= 0.6 is 22.6 Å². The molecule has 1 saturated heterocycles. The summed E-state index contributed by atoms with van der Waals surface area (Å²) in [6.45, 7) is 9.45. The maximum absolute atomic E-state index is 2.56. The van der Waals surface area contributed by atoms with E-state index >= 15 is 0 Å². The quantitative estimate of drug-likeness (QED) is 0.473. The van der Waals surface area contributed by atoms with Gasteiger partial charge in [-0.1, -0.05) is 22.6 Å². The van der Waals surface area contributed by atoms with Crippen molar-refractivity contribution in [3.8, 4) is 0 Å². The van der Waals surface area contributed by atoms with E-state index in [0.29, 0.717) is 5.54 Å². The van der Waals surface area contributed by atoms with Gasteiger partial charge in [-0.3, -0.25) is 4.90 Å². The summed E-state index contributed by atoms with van der Waals surface area (Å²) in [6.07, 6.45) is 1.37. The average molecular weight is 253 g/mol. The smallest absolute Gasteiger partial charge is 0.0249 e. The van der Waals surface area contributed by atoms with Crippen LogP contribution in [0.25, 0.3) is 0 Å². The van der Waals surface area contributed by atoms with E-state index in [9.17, 15) is 0 Å². The Morgan fingerprint density at radius 2 is 2.00 bits per heavy atom. The Hall–Kier alpha value is 0.690. The first-order chi connectivity index (χ1) is 4.50. The molecule has 1 fully saturated rings. The third-order valence-electron chi connectivity index (χ3n) is 2.08. The van der Waals surface area contributed by atoms with Crippen molar-refractivity contribution in [3.05, 3.63) is 0 Å². The lowest BCUT2D eigenvalue weighted by atomic mass is 10.1. The molecule has 0 unspecified atom stereocenters. The fourth-order valence-electron chi connectivity index (χ4n) is 1.33. The molecule has 0 bridgehead atoms. The van der Waals surface area contributed by atoms with Crippen molar-refractivity contribution < 1.29 is 0 Å². The summed E-state index contributed by atoms with van der Waals surface area (Å²) in [7, 11) is 0. The van der Waals surface area contributed by atoms with Crippen LogP contribution in [0.4, 0.5) is 0 Å². The standard InChI is InChI=1S/C8H16IN/c1-8(2,3)10-5-4-7(9)6-10/h7H,4-6H2,1-3H3/t7-/m1/s1. The second-order valence-corrected chi connectivity index (χ2v) is 5.76. The highest BCUT2D eigenvalue weighted by Crippen LogP contribution is 2.24. The average Bonchev–Trinajstić information content (AvgIpc) is 2.11. The van der Waals surface area contributed by atoms with Crippen molar-refractivity contribution >= 4 is 22.6 Å². The largest absolute Gasteiger partial charge is 0.297 e. The van der Waals surface area contributed by atoms with Gasteiger partial charge in [0, 0.05) is 16.0 Å². The molecule has 2 heteroatoms. The van der Waals surface area contributed by atoms with Crippen molar-refractivity contribution in [1.29, 1.82) is 0 Å². The molecule has 0 aromatic carbocycles. The Bertz CT molecular complexity index is 117. The second kappa shape index (κ2) is 2.97. The minimum atomic E-state index is 0.389. The van der Waals surface area contributed by atoms with Gasteiger partial charge in [0.25, 0.3) is 0 Å². The van der Waals surface area contributed by atoms with Crippen LogP contribution in [-0.2, 0) is 0 Å². The fourth-order valence-corrected chi connectivity index (χ4v) is 2.08. The number of alkyl halides is 1. The van der Waals surface area contributed by atoms with Crippen LogP contribution in [0.5, 0.6) is 0 Å². The van der Waals surface area contributed by atoms with Gasteiger partial charge in [0.15, 0.2) is 0 Å². The summed E-state index contributed by atoms with van der Waals surface area (Å²) >= 11 is 2.55. The van der Waals surface area contributed by atoms with Gasteiger partial charge in [0.1, 0.15) is 0 Å². The first-order valence-electron chi connectivity index (χ1n) is 3.89. The third-order valence-corrected chi connectivity index (χ3v) is 3.10. The first kappa shape index (κ1) is 8.78. The molecule has 0 radical (unpaired) electrons. The molecule has 0 spiro atoms. The maximum atomic E-state index is 2.56. The third kappa shape index (κ3) is 2.09. The van der Waals surface area contributed by atoms with E-state index in [1.54, 1.807) is 0 Å². The van der Waals surface area contributed by atoms with Crippen molar-refractivity contribution in [1.82, 2.24) is 4.90 Å². The normalized spacial score (nSPS) is 29.4. The SMILES string of the molecule is CC(C)(C)N1CC[C@@H](I)C1. The van der Waals surface area contributed by atoms with Crippen molar-refractivity contribution in [3.63, 3.8) is 0 Å². The minimum absolute atomic E-state index is 0.389. The monoisotopic (exact) mass is 253 g/mol. The summed E-state index contributed by atoms with van der Waals surface area (Å²) in [5.41, 5.74) is 0.389. The summed E-state index contributed by atoms with van der Waals surface area (Å²) in [6, 6.07) is 0. The van der Waals surface area contributed by atoms with E-state index in [1.807, 2.05) is 0 Å². The molecule has 0 aliphatic carbocycles. The highest BCUT2D eigenvalue weighted by molar-refractivity contribution is 14.1. The van der Waals surface area contributed by atoms with E-state index in [4.69, 9.17) is 0 Å². The molecule has 0 amide bonds. The van der Waals surface area contributed by atoms with E-state index in [-0.39, 0.29) is 0 Å².